The summed E-state index contributed by atoms with van der Waals surface area (Å²) < 4.78 is 13.6. The van der Waals surface area contributed by atoms with Crippen LogP contribution in [-0.2, 0) is 4.79 Å². The predicted molar refractivity (Wildman–Crippen MR) is 72.0 cm³/mol. The lowest BCUT2D eigenvalue weighted by Crippen LogP contribution is -2.37. The fourth-order valence-corrected chi connectivity index (χ4v) is 2.36. The average molecular weight is 330 g/mol. The second kappa shape index (κ2) is 5.56. The van der Waals surface area contributed by atoms with Gasteiger partial charge in [0.15, 0.2) is 0 Å². The maximum atomic E-state index is 13.2. The van der Waals surface area contributed by atoms with Crippen LogP contribution in [0.2, 0.25) is 0 Å². The van der Waals surface area contributed by atoms with Gasteiger partial charge in [0.2, 0.25) is 5.91 Å². The summed E-state index contributed by atoms with van der Waals surface area (Å²) >= 11 is 3.14. The van der Waals surface area contributed by atoms with E-state index in [0.717, 1.165) is 6.07 Å². The van der Waals surface area contributed by atoms with Gasteiger partial charge in [0.25, 0.3) is 5.91 Å². The first-order valence-electron chi connectivity index (χ1n) is 5.79. The fraction of sp³-hybridized carbons (Fsp3) is 0.333. The van der Waals surface area contributed by atoms with E-state index in [1.54, 1.807) is 0 Å². The lowest BCUT2D eigenvalue weighted by Gasteiger charge is -2.20. The fourth-order valence-electron chi connectivity index (χ4n) is 1.88. The van der Waals surface area contributed by atoms with E-state index in [2.05, 4.69) is 21.2 Å². The molecule has 0 saturated carbocycles. The summed E-state index contributed by atoms with van der Waals surface area (Å²) in [4.78, 5) is 25.2. The van der Waals surface area contributed by atoms with E-state index in [9.17, 15) is 14.0 Å². The molecule has 19 heavy (non-hydrogen) atoms. The number of carbonyl (C=O) groups is 2. The summed E-state index contributed by atoms with van der Waals surface area (Å²) in [6.07, 6.45) is 0.686. The van der Waals surface area contributed by atoms with Gasteiger partial charge in [-0.2, -0.15) is 0 Å². The number of nitrogen functional groups attached to an aromatic ring is 1. The van der Waals surface area contributed by atoms with Gasteiger partial charge < -0.3 is 16.0 Å². The Bertz CT molecular complexity index is 536. The third kappa shape index (κ3) is 3.04. The summed E-state index contributed by atoms with van der Waals surface area (Å²) in [7, 11) is 0. The van der Waals surface area contributed by atoms with Gasteiger partial charge in [0, 0.05) is 17.6 Å². The van der Waals surface area contributed by atoms with Crippen LogP contribution in [0.1, 0.15) is 16.8 Å². The summed E-state index contributed by atoms with van der Waals surface area (Å²) in [6.45, 7) is 1.03. The van der Waals surface area contributed by atoms with Crippen LogP contribution in [0.15, 0.2) is 16.6 Å². The number of carbonyl (C=O) groups excluding carboxylic acids is 2. The first-order chi connectivity index (χ1) is 8.99. The summed E-state index contributed by atoms with van der Waals surface area (Å²) in [6, 6.07) is 2.44. The second-order valence-electron chi connectivity index (χ2n) is 4.28. The van der Waals surface area contributed by atoms with Crippen molar-refractivity contribution in [3.05, 3.63) is 28.0 Å². The predicted octanol–water partition coefficient (Wildman–Crippen LogP) is 1.13. The maximum absolute atomic E-state index is 13.2. The number of halogens is 2. The average Bonchev–Trinajstić information content (AvgIpc) is 2.58. The SMILES string of the molecule is Nc1cc(C(=O)N2CCCNC(=O)C2)c(Br)cc1F. The highest BCUT2D eigenvalue weighted by molar-refractivity contribution is 9.10. The number of anilines is 1. The van der Waals surface area contributed by atoms with E-state index in [0.29, 0.717) is 24.0 Å². The molecular formula is C12H13BrFN3O2. The molecule has 0 aromatic heterocycles. The number of benzene rings is 1. The van der Waals surface area contributed by atoms with Gasteiger partial charge in [0.1, 0.15) is 5.82 Å². The first-order valence-corrected chi connectivity index (χ1v) is 6.59. The molecule has 0 atom stereocenters. The molecule has 1 saturated heterocycles. The van der Waals surface area contributed by atoms with E-state index in [1.165, 1.54) is 11.0 Å². The quantitative estimate of drug-likeness (QED) is 0.758. The molecule has 1 heterocycles. The number of amides is 2. The van der Waals surface area contributed by atoms with Gasteiger partial charge in [0.05, 0.1) is 17.8 Å². The van der Waals surface area contributed by atoms with Crippen molar-refractivity contribution < 1.29 is 14.0 Å². The van der Waals surface area contributed by atoms with Crippen molar-refractivity contribution >= 4 is 33.4 Å². The van der Waals surface area contributed by atoms with Gasteiger partial charge >= 0.3 is 0 Å². The zero-order valence-corrected chi connectivity index (χ0v) is 11.7. The van der Waals surface area contributed by atoms with Crippen molar-refractivity contribution in [2.45, 2.75) is 6.42 Å². The molecule has 1 aliphatic rings. The van der Waals surface area contributed by atoms with Crippen LogP contribution in [0.3, 0.4) is 0 Å². The van der Waals surface area contributed by atoms with E-state index >= 15 is 0 Å². The standard InChI is InChI=1S/C12H13BrFN3O2/c13-8-5-9(14)10(15)4-7(8)12(19)17-3-1-2-16-11(18)6-17/h4-5H,1-3,6,15H2,(H,16,18). The highest BCUT2D eigenvalue weighted by Gasteiger charge is 2.23. The lowest BCUT2D eigenvalue weighted by molar-refractivity contribution is -0.121. The molecule has 3 N–H and O–H groups in total. The van der Waals surface area contributed by atoms with Crippen molar-refractivity contribution in [2.24, 2.45) is 0 Å². The molecule has 0 spiro atoms. The van der Waals surface area contributed by atoms with Crippen molar-refractivity contribution in [3.63, 3.8) is 0 Å². The Balaban J connectivity index is 2.28. The monoisotopic (exact) mass is 329 g/mol. The topological polar surface area (TPSA) is 75.4 Å². The van der Waals surface area contributed by atoms with Gasteiger partial charge in [-0.1, -0.05) is 0 Å². The van der Waals surface area contributed by atoms with Gasteiger partial charge in [-0.15, -0.1) is 0 Å². The number of nitrogens with one attached hydrogen (secondary N) is 1. The Morgan fingerprint density at radius 2 is 2.21 bits per heavy atom. The minimum Gasteiger partial charge on any atom is -0.396 e. The molecule has 0 radical (unpaired) electrons. The van der Waals surface area contributed by atoms with Crippen LogP contribution in [-0.4, -0.2) is 36.3 Å². The zero-order chi connectivity index (χ0) is 14.0. The molecule has 2 rings (SSSR count). The smallest absolute Gasteiger partial charge is 0.255 e. The molecule has 0 unspecified atom stereocenters. The van der Waals surface area contributed by atoms with Crippen molar-refractivity contribution in [2.75, 3.05) is 25.4 Å². The molecule has 2 amide bonds. The number of rotatable bonds is 1. The van der Waals surface area contributed by atoms with E-state index in [-0.39, 0.29) is 29.6 Å². The van der Waals surface area contributed by atoms with E-state index in [4.69, 9.17) is 5.73 Å². The largest absolute Gasteiger partial charge is 0.396 e. The number of nitrogens with zero attached hydrogens (tertiary/aromatic N) is 1. The van der Waals surface area contributed by atoms with Crippen molar-refractivity contribution in [1.29, 1.82) is 0 Å². The first kappa shape index (κ1) is 13.8. The summed E-state index contributed by atoms with van der Waals surface area (Å²) in [5.41, 5.74) is 5.64. The van der Waals surface area contributed by atoms with Crippen molar-refractivity contribution in [1.82, 2.24) is 10.2 Å². The summed E-state index contributed by atoms with van der Waals surface area (Å²) in [5, 5.41) is 2.69. The van der Waals surface area contributed by atoms with Crippen LogP contribution < -0.4 is 11.1 Å². The molecule has 1 aromatic rings. The van der Waals surface area contributed by atoms with E-state index < -0.39 is 5.82 Å². The number of nitrogens with two attached hydrogens (primary N) is 1. The third-order valence-electron chi connectivity index (χ3n) is 2.87. The van der Waals surface area contributed by atoms with Gasteiger partial charge in [-0.3, -0.25) is 9.59 Å². The minimum atomic E-state index is -0.586. The lowest BCUT2D eigenvalue weighted by atomic mass is 10.1. The Morgan fingerprint density at radius 3 is 2.95 bits per heavy atom. The molecule has 1 fully saturated rings. The Morgan fingerprint density at radius 1 is 1.47 bits per heavy atom. The minimum absolute atomic E-state index is 0.00253. The maximum Gasteiger partial charge on any atom is 0.255 e. The molecule has 0 bridgehead atoms. The van der Waals surface area contributed by atoms with Crippen LogP contribution in [0.25, 0.3) is 0 Å². The number of hydrogen-bond acceptors (Lipinski definition) is 3. The summed E-state index contributed by atoms with van der Waals surface area (Å²) in [5.74, 6) is -1.12. The molecule has 102 valence electrons. The Kier molecular flexibility index (Phi) is 4.04. The van der Waals surface area contributed by atoms with Crippen molar-refractivity contribution in [3.8, 4) is 0 Å². The normalized spacial score (nSPS) is 15.9. The Labute approximate surface area is 118 Å². The molecule has 1 aliphatic heterocycles. The van der Waals surface area contributed by atoms with Gasteiger partial charge in [-0.05, 0) is 34.5 Å². The number of hydrogen-bond donors (Lipinski definition) is 2. The van der Waals surface area contributed by atoms with Crippen LogP contribution >= 0.6 is 15.9 Å². The zero-order valence-electron chi connectivity index (χ0n) is 10.1. The van der Waals surface area contributed by atoms with Crippen LogP contribution in [0.5, 0.6) is 0 Å². The highest BCUT2D eigenvalue weighted by atomic mass is 79.9. The van der Waals surface area contributed by atoms with E-state index in [1.807, 2.05) is 0 Å². The van der Waals surface area contributed by atoms with Gasteiger partial charge in [-0.25, -0.2) is 4.39 Å². The molecular weight excluding hydrogens is 317 g/mol. The molecule has 7 heteroatoms. The van der Waals surface area contributed by atoms with Crippen LogP contribution in [0, 0.1) is 5.82 Å². The molecule has 1 aromatic carbocycles. The highest BCUT2D eigenvalue weighted by Crippen LogP contribution is 2.24. The Hall–Kier alpha value is -1.63. The second-order valence-corrected chi connectivity index (χ2v) is 5.14. The molecule has 0 aliphatic carbocycles. The third-order valence-corrected chi connectivity index (χ3v) is 3.52. The van der Waals surface area contributed by atoms with Crippen LogP contribution in [0.4, 0.5) is 10.1 Å². The molecule has 5 nitrogen and oxygen atoms in total.